The van der Waals surface area contributed by atoms with Crippen molar-refractivity contribution in [2.75, 3.05) is 10.6 Å². The van der Waals surface area contributed by atoms with Gasteiger partial charge in [0.1, 0.15) is 11.2 Å². The van der Waals surface area contributed by atoms with Crippen molar-refractivity contribution in [1.82, 2.24) is 9.38 Å². The van der Waals surface area contributed by atoms with Crippen LogP contribution in [-0.2, 0) is 0 Å². The van der Waals surface area contributed by atoms with Crippen LogP contribution in [0.2, 0.25) is 0 Å². The first-order valence-electron chi connectivity index (χ1n) is 8.34. The molecule has 3 heterocycles. The van der Waals surface area contributed by atoms with Gasteiger partial charge in [-0.1, -0.05) is 6.07 Å². The van der Waals surface area contributed by atoms with Crippen molar-refractivity contribution in [3.05, 3.63) is 94.9 Å². The van der Waals surface area contributed by atoms with Gasteiger partial charge in [-0.3, -0.25) is 18.8 Å². The van der Waals surface area contributed by atoms with Crippen molar-refractivity contribution in [3.8, 4) is 0 Å². The van der Waals surface area contributed by atoms with Crippen molar-refractivity contribution in [2.24, 2.45) is 0 Å². The number of fused-ring (bicyclic) bond motifs is 1. The Hall–Kier alpha value is -4.20. The molecule has 0 spiro atoms. The fourth-order valence-corrected chi connectivity index (χ4v) is 2.62. The van der Waals surface area contributed by atoms with E-state index in [0.29, 0.717) is 17.0 Å². The maximum absolute atomic E-state index is 12.5. The molecule has 2 N–H and O–H groups in total. The van der Waals surface area contributed by atoms with Gasteiger partial charge in [-0.05, 0) is 48.5 Å². The molecule has 0 aliphatic rings. The molecule has 8 nitrogen and oxygen atoms in total. The Kier molecular flexibility index (Phi) is 4.43. The minimum absolute atomic E-state index is 0.0705. The third-order valence-corrected chi connectivity index (χ3v) is 4.00. The van der Waals surface area contributed by atoms with E-state index in [4.69, 9.17) is 4.42 Å². The van der Waals surface area contributed by atoms with E-state index < -0.39 is 11.5 Å². The summed E-state index contributed by atoms with van der Waals surface area (Å²) in [6, 6.07) is 14.8. The molecule has 0 bridgehead atoms. The van der Waals surface area contributed by atoms with Gasteiger partial charge in [0.05, 0.1) is 6.26 Å². The highest BCUT2D eigenvalue weighted by Crippen LogP contribution is 2.15. The van der Waals surface area contributed by atoms with Crippen LogP contribution in [0.15, 0.2) is 82.5 Å². The molecule has 0 atom stereocenters. The lowest BCUT2D eigenvalue weighted by Crippen LogP contribution is -2.26. The molecule has 1 aromatic carbocycles. The fourth-order valence-electron chi connectivity index (χ4n) is 2.62. The van der Waals surface area contributed by atoms with Gasteiger partial charge in [-0.25, -0.2) is 4.98 Å². The second-order valence-electron chi connectivity index (χ2n) is 5.87. The van der Waals surface area contributed by atoms with E-state index in [1.54, 1.807) is 60.8 Å². The predicted octanol–water partition coefficient (Wildman–Crippen LogP) is 2.79. The summed E-state index contributed by atoms with van der Waals surface area (Å²) < 4.78 is 6.34. The standard InChI is InChI=1S/C20H14N4O4/c25-18(15-12-21-17-5-1-2-10-24(17)20(15)27)22-13-6-8-14(9-7-13)23-19(26)16-4-3-11-28-16/h1-12H,(H,22,25)(H,23,26). The molecule has 28 heavy (non-hydrogen) atoms. The summed E-state index contributed by atoms with van der Waals surface area (Å²) in [5, 5.41) is 5.33. The lowest BCUT2D eigenvalue weighted by Gasteiger charge is -2.08. The van der Waals surface area contributed by atoms with E-state index in [2.05, 4.69) is 15.6 Å². The molecule has 0 fully saturated rings. The molecule has 4 aromatic rings. The number of carbonyl (C=O) groups excluding carboxylic acids is 2. The summed E-state index contributed by atoms with van der Waals surface area (Å²) in [4.78, 5) is 41.0. The number of hydrogen-bond donors (Lipinski definition) is 2. The smallest absolute Gasteiger partial charge is 0.291 e. The number of hydrogen-bond acceptors (Lipinski definition) is 5. The highest BCUT2D eigenvalue weighted by atomic mass is 16.3. The number of carbonyl (C=O) groups is 2. The summed E-state index contributed by atoms with van der Waals surface area (Å²) in [6.07, 6.45) is 4.22. The summed E-state index contributed by atoms with van der Waals surface area (Å²) in [6.45, 7) is 0. The summed E-state index contributed by atoms with van der Waals surface area (Å²) in [5.74, 6) is -0.748. The maximum atomic E-state index is 12.5. The second-order valence-corrected chi connectivity index (χ2v) is 5.87. The number of nitrogens with zero attached hydrogens (tertiary/aromatic N) is 2. The van der Waals surface area contributed by atoms with Gasteiger partial charge in [0, 0.05) is 23.8 Å². The Morgan fingerprint density at radius 2 is 1.61 bits per heavy atom. The Labute approximate surface area is 158 Å². The van der Waals surface area contributed by atoms with Crippen molar-refractivity contribution in [2.45, 2.75) is 0 Å². The largest absolute Gasteiger partial charge is 0.459 e. The van der Waals surface area contributed by atoms with E-state index in [0.717, 1.165) is 0 Å². The van der Waals surface area contributed by atoms with Gasteiger partial charge in [-0.2, -0.15) is 0 Å². The van der Waals surface area contributed by atoms with E-state index >= 15 is 0 Å². The number of nitrogens with one attached hydrogen (secondary N) is 2. The monoisotopic (exact) mass is 374 g/mol. The second kappa shape index (κ2) is 7.20. The topological polar surface area (TPSA) is 106 Å². The average Bonchev–Trinajstić information content (AvgIpc) is 3.25. The van der Waals surface area contributed by atoms with E-state index in [1.807, 2.05) is 0 Å². The predicted molar refractivity (Wildman–Crippen MR) is 103 cm³/mol. The van der Waals surface area contributed by atoms with Crippen molar-refractivity contribution < 1.29 is 14.0 Å². The lowest BCUT2D eigenvalue weighted by molar-refractivity contribution is 0.0994. The number of pyridine rings is 1. The average molecular weight is 374 g/mol. The zero-order chi connectivity index (χ0) is 19.5. The van der Waals surface area contributed by atoms with Gasteiger partial charge >= 0.3 is 0 Å². The zero-order valence-corrected chi connectivity index (χ0v) is 14.5. The summed E-state index contributed by atoms with van der Waals surface area (Å²) in [5.41, 5.74) is 0.940. The minimum Gasteiger partial charge on any atom is -0.459 e. The maximum Gasteiger partial charge on any atom is 0.291 e. The molecule has 0 unspecified atom stereocenters. The van der Waals surface area contributed by atoms with Crippen LogP contribution in [0.25, 0.3) is 5.65 Å². The molecule has 4 rings (SSSR count). The molecule has 8 heteroatoms. The lowest BCUT2D eigenvalue weighted by atomic mass is 10.2. The molecule has 2 amide bonds. The highest BCUT2D eigenvalue weighted by Gasteiger charge is 2.14. The Morgan fingerprint density at radius 1 is 0.893 bits per heavy atom. The summed E-state index contributed by atoms with van der Waals surface area (Å²) in [7, 11) is 0. The minimum atomic E-state index is -0.567. The number of aromatic nitrogens is 2. The Morgan fingerprint density at radius 3 is 2.29 bits per heavy atom. The van der Waals surface area contributed by atoms with Crippen LogP contribution in [0.3, 0.4) is 0 Å². The molecule has 0 saturated carbocycles. The van der Waals surface area contributed by atoms with Crippen LogP contribution in [-0.4, -0.2) is 21.2 Å². The van der Waals surface area contributed by atoms with Crippen molar-refractivity contribution >= 4 is 28.8 Å². The third kappa shape index (κ3) is 3.38. The molecule has 0 radical (unpaired) electrons. The zero-order valence-electron chi connectivity index (χ0n) is 14.5. The SMILES string of the molecule is O=C(Nc1ccc(NC(=O)c2cnc3ccccn3c2=O)cc1)c1ccco1. The first-order valence-corrected chi connectivity index (χ1v) is 8.34. The van der Waals surface area contributed by atoms with Crippen LogP contribution < -0.4 is 16.2 Å². The highest BCUT2D eigenvalue weighted by molar-refractivity contribution is 6.04. The number of amides is 2. The number of benzene rings is 1. The number of anilines is 2. The van der Waals surface area contributed by atoms with Crippen LogP contribution in [0.5, 0.6) is 0 Å². The molecule has 0 aliphatic carbocycles. The van der Waals surface area contributed by atoms with Gasteiger partial charge in [0.15, 0.2) is 5.76 Å². The van der Waals surface area contributed by atoms with Gasteiger partial charge in [0.2, 0.25) is 0 Å². The molecule has 3 aromatic heterocycles. The fraction of sp³-hybridized carbons (Fsp3) is 0. The van der Waals surface area contributed by atoms with E-state index in [-0.39, 0.29) is 17.2 Å². The third-order valence-electron chi connectivity index (χ3n) is 4.00. The number of rotatable bonds is 4. The first-order chi connectivity index (χ1) is 13.6. The van der Waals surface area contributed by atoms with Crippen LogP contribution >= 0.6 is 0 Å². The van der Waals surface area contributed by atoms with E-state index in [1.165, 1.54) is 16.9 Å². The molecule has 0 saturated heterocycles. The quantitative estimate of drug-likeness (QED) is 0.571. The van der Waals surface area contributed by atoms with E-state index in [9.17, 15) is 14.4 Å². The molecular formula is C20H14N4O4. The molecule has 138 valence electrons. The van der Waals surface area contributed by atoms with Crippen LogP contribution in [0.4, 0.5) is 11.4 Å². The molecule has 0 aliphatic heterocycles. The Balaban J connectivity index is 1.49. The van der Waals surface area contributed by atoms with Crippen LogP contribution in [0.1, 0.15) is 20.9 Å². The number of furan rings is 1. The normalized spacial score (nSPS) is 10.6. The van der Waals surface area contributed by atoms with Crippen molar-refractivity contribution in [1.29, 1.82) is 0 Å². The first kappa shape index (κ1) is 17.2. The molecular weight excluding hydrogens is 360 g/mol. The summed E-state index contributed by atoms with van der Waals surface area (Å²) >= 11 is 0. The van der Waals surface area contributed by atoms with Gasteiger partial charge in [0.25, 0.3) is 17.4 Å². The van der Waals surface area contributed by atoms with Gasteiger partial charge in [-0.15, -0.1) is 0 Å². The van der Waals surface area contributed by atoms with Gasteiger partial charge < -0.3 is 15.1 Å². The van der Waals surface area contributed by atoms with Crippen molar-refractivity contribution in [3.63, 3.8) is 0 Å². The Bertz CT molecular complexity index is 1210. The van der Waals surface area contributed by atoms with Crippen LogP contribution in [0, 0.1) is 0 Å².